The lowest BCUT2D eigenvalue weighted by Crippen LogP contribution is -2.39. The molecule has 0 rings (SSSR count). The molecule has 0 heterocycles. The second-order valence-electron chi connectivity index (χ2n) is 5.20. The number of ether oxygens (including phenoxy) is 1. The van der Waals surface area contributed by atoms with E-state index in [1.54, 1.807) is 0 Å². The second-order valence-corrected chi connectivity index (χ2v) is 5.20. The van der Waals surface area contributed by atoms with E-state index in [1.807, 2.05) is 19.0 Å². The minimum atomic E-state index is -0.105. The van der Waals surface area contributed by atoms with E-state index < -0.39 is 0 Å². The van der Waals surface area contributed by atoms with Gasteiger partial charge in [-0.25, -0.2) is 0 Å². The number of hydrogen-bond donors (Lipinski definition) is 0. The summed E-state index contributed by atoms with van der Waals surface area (Å²) in [6, 6.07) is 0.964. The average molecular weight is 244 g/mol. The Bertz CT molecular complexity index is 207. The highest BCUT2D eigenvalue weighted by atomic mass is 16.5. The van der Waals surface area contributed by atoms with E-state index in [-0.39, 0.29) is 5.97 Å². The highest BCUT2D eigenvalue weighted by Gasteiger charge is 2.13. The van der Waals surface area contributed by atoms with Crippen molar-refractivity contribution in [1.82, 2.24) is 9.80 Å². The normalized spacial score (nSPS) is 11.9. The van der Waals surface area contributed by atoms with E-state index in [1.165, 1.54) is 0 Å². The number of carbonyl (C=O) groups excluding carboxylic acids is 1. The Balaban J connectivity index is 3.77. The van der Waals surface area contributed by atoms with Crippen LogP contribution in [0.15, 0.2) is 0 Å². The zero-order valence-electron chi connectivity index (χ0n) is 12.2. The minimum Gasteiger partial charge on any atom is -0.464 e. The van der Waals surface area contributed by atoms with Crippen molar-refractivity contribution in [2.45, 2.75) is 46.2 Å². The molecule has 0 unspecified atom stereocenters. The third-order valence-electron chi connectivity index (χ3n) is 2.70. The molecule has 0 aromatic heterocycles. The maximum atomic E-state index is 11.4. The predicted molar refractivity (Wildman–Crippen MR) is 71.1 cm³/mol. The lowest BCUT2D eigenvalue weighted by Gasteiger charge is -2.30. The van der Waals surface area contributed by atoms with Gasteiger partial charge in [-0.1, -0.05) is 0 Å². The van der Waals surface area contributed by atoms with Crippen molar-refractivity contribution in [3.63, 3.8) is 0 Å². The van der Waals surface area contributed by atoms with Crippen LogP contribution >= 0.6 is 0 Å². The summed E-state index contributed by atoms with van der Waals surface area (Å²) in [6.07, 6.45) is 0.469. The van der Waals surface area contributed by atoms with Crippen molar-refractivity contribution in [3.05, 3.63) is 0 Å². The first-order chi connectivity index (χ1) is 7.84. The van der Waals surface area contributed by atoms with Crippen LogP contribution in [-0.4, -0.2) is 61.6 Å². The number of nitrogens with zero attached hydrogens (tertiary/aromatic N) is 2. The Kier molecular flexibility index (Phi) is 8.17. The minimum absolute atomic E-state index is 0.105. The first kappa shape index (κ1) is 16.4. The molecule has 0 atom stereocenters. The van der Waals surface area contributed by atoms with Crippen molar-refractivity contribution >= 4 is 5.97 Å². The SMILES string of the molecule is CC(C)N(CCOC(=O)CCN(C)C)C(C)C. The van der Waals surface area contributed by atoms with Crippen molar-refractivity contribution < 1.29 is 9.53 Å². The molecule has 0 bridgehead atoms. The molecule has 0 saturated carbocycles. The van der Waals surface area contributed by atoms with Gasteiger partial charge in [0.1, 0.15) is 6.61 Å². The van der Waals surface area contributed by atoms with E-state index in [4.69, 9.17) is 4.74 Å². The van der Waals surface area contributed by atoms with E-state index in [0.717, 1.165) is 13.1 Å². The van der Waals surface area contributed by atoms with Crippen molar-refractivity contribution in [3.8, 4) is 0 Å². The third kappa shape index (κ3) is 8.16. The van der Waals surface area contributed by atoms with Crippen LogP contribution in [0.2, 0.25) is 0 Å². The van der Waals surface area contributed by atoms with Gasteiger partial charge in [-0.05, 0) is 41.8 Å². The summed E-state index contributed by atoms with van der Waals surface area (Å²) in [5, 5.41) is 0. The summed E-state index contributed by atoms with van der Waals surface area (Å²) in [6.45, 7) is 10.7. The summed E-state index contributed by atoms with van der Waals surface area (Å²) < 4.78 is 5.22. The molecule has 0 aliphatic carbocycles. The van der Waals surface area contributed by atoms with Crippen molar-refractivity contribution in [2.75, 3.05) is 33.8 Å². The Morgan fingerprint density at radius 1 is 1.06 bits per heavy atom. The second kappa shape index (κ2) is 8.48. The van der Waals surface area contributed by atoms with Gasteiger partial charge in [-0.15, -0.1) is 0 Å². The number of rotatable bonds is 8. The molecule has 0 fully saturated rings. The van der Waals surface area contributed by atoms with Gasteiger partial charge in [0.2, 0.25) is 0 Å². The van der Waals surface area contributed by atoms with E-state index in [2.05, 4.69) is 32.6 Å². The number of esters is 1. The van der Waals surface area contributed by atoms with Crippen LogP contribution < -0.4 is 0 Å². The first-order valence-corrected chi connectivity index (χ1v) is 6.40. The maximum Gasteiger partial charge on any atom is 0.307 e. The van der Waals surface area contributed by atoms with Gasteiger partial charge in [0, 0.05) is 25.2 Å². The standard InChI is InChI=1S/C13H28N2O2/c1-11(2)15(12(3)4)9-10-17-13(16)7-8-14(5)6/h11-12H,7-10H2,1-6H3. The van der Waals surface area contributed by atoms with Gasteiger partial charge >= 0.3 is 5.97 Å². The molecular formula is C13H28N2O2. The third-order valence-corrected chi connectivity index (χ3v) is 2.70. The molecular weight excluding hydrogens is 216 g/mol. The zero-order chi connectivity index (χ0) is 13.4. The average Bonchev–Trinajstić information content (AvgIpc) is 2.20. The Morgan fingerprint density at radius 3 is 2.00 bits per heavy atom. The Labute approximate surface area is 106 Å². The molecule has 0 radical (unpaired) electrons. The molecule has 4 nitrogen and oxygen atoms in total. The van der Waals surface area contributed by atoms with Gasteiger partial charge < -0.3 is 9.64 Å². The molecule has 0 aliphatic rings. The summed E-state index contributed by atoms with van der Waals surface area (Å²) in [5.41, 5.74) is 0. The summed E-state index contributed by atoms with van der Waals surface area (Å²) in [7, 11) is 3.90. The molecule has 4 heteroatoms. The molecule has 0 saturated heterocycles. The zero-order valence-corrected chi connectivity index (χ0v) is 12.2. The van der Waals surface area contributed by atoms with Crippen LogP contribution in [0.1, 0.15) is 34.1 Å². The van der Waals surface area contributed by atoms with Crippen molar-refractivity contribution in [1.29, 1.82) is 0 Å². The van der Waals surface area contributed by atoms with Crippen LogP contribution in [0, 0.1) is 0 Å². The molecule has 17 heavy (non-hydrogen) atoms. The van der Waals surface area contributed by atoms with Crippen LogP contribution in [-0.2, 0) is 9.53 Å². The molecule has 0 amide bonds. The van der Waals surface area contributed by atoms with Gasteiger partial charge in [0.15, 0.2) is 0 Å². The lowest BCUT2D eigenvalue weighted by atomic mass is 10.2. The fourth-order valence-corrected chi connectivity index (χ4v) is 1.76. The number of carbonyl (C=O) groups is 1. The quantitative estimate of drug-likeness (QED) is 0.607. The summed E-state index contributed by atoms with van der Waals surface area (Å²) >= 11 is 0. The van der Waals surface area contributed by atoms with E-state index in [0.29, 0.717) is 25.1 Å². The van der Waals surface area contributed by atoms with E-state index in [9.17, 15) is 4.79 Å². The lowest BCUT2D eigenvalue weighted by molar-refractivity contribution is -0.144. The topological polar surface area (TPSA) is 32.8 Å². The molecule has 102 valence electrons. The maximum absolute atomic E-state index is 11.4. The molecule has 0 aliphatic heterocycles. The highest BCUT2D eigenvalue weighted by molar-refractivity contribution is 5.69. The van der Waals surface area contributed by atoms with Gasteiger partial charge in [-0.2, -0.15) is 0 Å². The Morgan fingerprint density at radius 2 is 1.59 bits per heavy atom. The molecule has 0 aromatic rings. The monoisotopic (exact) mass is 244 g/mol. The van der Waals surface area contributed by atoms with Crippen LogP contribution in [0.25, 0.3) is 0 Å². The fourth-order valence-electron chi connectivity index (χ4n) is 1.76. The first-order valence-electron chi connectivity index (χ1n) is 6.40. The van der Waals surface area contributed by atoms with Gasteiger partial charge in [0.05, 0.1) is 6.42 Å². The fraction of sp³-hybridized carbons (Fsp3) is 0.923. The highest BCUT2D eigenvalue weighted by Crippen LogP contribution is 2.04. The summed E-state index contributed by atoms with van der Waals surface area (Å²) in [5.74, 6) is -0.105. The van der Waals surface area contributed by atoms with E-state index >= 15 is 0 Å². The smallest absolute Gasteiger partial charge is 0.307 e. The predicted octanol–water partition coefficient (Wildman–Crippen LogP) is 1.60. The van der Waals surface area contributed by atoms with Crippen molar-refractivity contribution in [2.24, 2.45) is 0 Å². The van der Waals surface area contributed by atoms with Gasteiger partial charge in [0.25, 0.3) is 0 Å². The molecule has 0 N–H and O–H groups in total. The molecule has 0 aromatic carbocycles. The largest absolute Gasteiger partial charge is 0.464 e. The van der Waals surface area contributed by atoms with Crippen LogP contribution in [0.4, 0.5) is 0 Å². The van der Waals surface area contributed by atoms with Crippen LogP contribution in [0.3, 0.4) is 0 Å². The van der Waals surface area contributed by atoms with Gasteiger partial charge in [-0.3, -0.25) is 9.69 Å². The number of hydrogen-bond acceptors (Lipinski definition) is 4. The Hall–Kier alpha value is -0.610. The molecule has 0 spiro atoms. The summed E-state index contributed by atoms with van der Waals surface area (Å²) in [4.78, 5) is 15.7. The van der Waals surface area contributed by atoms with Crippen LogP contribution in [0.5, 0.6) is 0 Å².